The lowest BCUT2D eigenvalue weighted by molar-refractivity contribution is 0.130. The van der Waals surface area contributed by atoms with Crippen molar-refractivity contribution in [2.45, 2.75) is 26.4 Å². The van der Waals surface area contributed by atoms with Crippen molar-refractivity contribution in [3.63, 3.8) is 0 Å². The van der Waals surface area contributed by atoms with Crippen LogP contribution in [-0.4, -0.2) is 19.8 Å². The Hall–Kier alpha value is -1.89. The van der Waals surface area contributed by atoms with Crippen LogP contribution in [0.15, 0.2) is 12.1 Å². The summed E-state index contributed by atoms with van der Waals surface area (Å²) in [5.41, 5.74) is 0.0675. The summed E-state index contributed by atoms with van der Waals surface area (Å²) < 4.78 is 16.0. The molecule has 0 bridgehead atoms. The Morgan fingerprint density at radius 2 is 1.76 bits per heavy atom. The van der Waals surface area contributed by atoms with Gasteiger partial charge in [0.2, 0.25) is 0 Å². The van der Waals surface area contributed by atoms with Gasteiger partial charge in [0, 0.05) is 12.1 Å². The lowest BCUT2D eigenvalue weighted by atomic mass is 10.1. The van der Waals surface area contributed by atoms with Gasteiger partial charge in [0.15, 0.2) is 11.5 Å². The summed E-state index contributed by atoms with van der Waals surface area (Å²) in [6.07, 6.45) is 0. The van der Waals surface area contributed by atoms with Gasteiger partial charge in [-0.3, -0.25) is 0 Å². The summed E-state index contributed by atoms with van der Waals surface area (Å²) in [5.74, 6) is 1.51. The predicted octanol–water partition coefficient (Wildman–Crippen LogP) is 2.75. The van der Waals surface area contributed by atoms with E-state index in [2.05, 4.69) is 6.07 Å². The van der Waals surface area contributed by atoms with Gasteiger partial charge in [-0.05, 0) is 20.8 Å². The van der Waals surface area contributed by atoms with Gasteiger partial charge in [-0.1, -0.05) is 0 Å². The molecule has 0 unspecified atom stereocenters. The molecule has 0 amide bonds. The van der Waals surface area contributed by atoms with E-state index >= 15 is 0 Å². The average Bonchev–Trinajstić information content (AvgIpc) is 2.25. The maximum atomic E-state index is 9.05. The summed E-state index contributed by atoms with van der Waals surface area (Å²) in [7, 11) is 3.03. The number of ether oxygens (including phenoxy) is 3. The van der Waals surface area contributed by atoms with Crippen LogP contribution in [0.1, 0.15) is 26.3 Å². The molecule has 0 saturated carbocycles. The van der Waals surface area contributed by atoms with Crippen LogP contribution in [-0.2, 0) is 0 Å². The highest BCUT2D eigenvalue weighted by Gasteiger charge is 2.17. The molecular weight excluding hydrogens is 218 g/mol. The molecule has 0 radical (unpaired) electrons. The van der Waals surface area contributed by atoms with Crippen LogP contribution in [0, 0.1) is 11.3 Å². The third-order valence-electron chi connectivity index (χ3n) is 2.00. The first-order chi connectivity index (χ1) is 7.91. The second kappa shape index (κ2) is 4.96. The van der Waals surface area contributed by atoms with Crippen LogP contribution < -0.4 is 14.2 Å². The molecule has 92 valence electrons. The fraction of sp³-hybridized carbons (Fsp3) is 0.462. The molecule has 0 saturated heterocycles. The molecule has 0 aliphatic rings. The number of benzene rings is 1. The van der Waals surface area contributed by atoms with Crippen LogP contribution in [0.25, 0.3) is 0 Å². The molecule has 0 aliphatic heterocycles. The van der Waals surface area contributed by atoms with Crippen molar-refractivity contribution in [1.29, 1.82) is 5.26 Å². The predicted molar refractivity (Wildman–Crippen MR) is 64.6 cm³/mol. The van der Waals surface area contributed by atoms with E-state index < -0.39 is 0 Å². The van der Waals surface area contributed by atoms with Crippen molar-refractivity contribution < 1.29 is 14.2 Å². The van der Waals surface area contributed by atoms with Gasteiger partial charge in [0.05, 0.1) is 14.2 Å². The minimum atomic E-state index is -0.327. The third kappa shape index (κ3) is 3.28. The normalized spacial score (nSPS) is 10.6. The third-order valence-corrected chi connectivity index (χ3v) is 2.00. The Kier molecular flexibility index (Phi) is 3.84. The van der Waals surface area contributed by atoms with Gasteiger partial charge in [0.25, 0.3) is 0 Å². The van der Waals surface area contributed by atoms with Crippen molar-refractivity contribution in [1.82, 2.24) is 0 Å². The number of rotatable bonds is 3. The minimum Gasteiger partial charge on any atom is -0.493 e. The first-order valence-corrected chi connectivity index (χ1v) is 5.26. The van der Waals surface area contributed by atoms with Gasteiger partial charge >= 0.3 is 0 Å². The summed E-state index contributed by atoms with van der Waals surface area (Å²) in [6.45, 7) is 5.82. The molecule has 0 N–H and O–H groups in total. The Bertz CT molecular complexity index is 441. The quantitative estimate of drug-likeness (QED) is 0.808. The molecular formula is C13H17NO3. The molecule has 0 spiro atoms. The highest BCUT2D eigenvalue weighted by molar-refractivity contribution is 5.56. The molecule has 17 heavy (non-hydrogen) atoms. The number of nitriles is 1. The van der Waals surface area contributed by atoms with Gasteiger partial charge in [0.1, 0.15) is 23.0 Å². The zero-order chi connectivity index (χ0) is 13.1. The van der Waals surface area contributed by atoms with Crippen molar-refractivity contribution in [3.8, 4) is 23.3 Å². The fourth-order valence-electron chi connectivity index (χ4n) is 1.43. The van der Waals surface area contributed by atoms with E-state index in [9.17, 15) is 0 Å². The first-order valence-electron chi connectivity index (χ1n) is 5.26. The minimum absolute atomic E-state index is 0.327. The molecule has 0 atom stereocenters. The fourth-order valence-corrected chi connectivity index (χ4v) is 1.43. The van der Waals surface area contributed by atoms with Crippen LogP contribution in [0.3, 0.4) is 0 Å². The van der Waals surface area contributed by atoms with Gasteiger partial charge < -0.3 is 14.2 Å². The van der Waals surface area contributed by atoms with Crippen molar-refractivity contribution in [2.75, 3.05) is 14.2 Å². The van der Waals surface area contributed by atoms with E-state index in [-0.39, 0.29) is 5.60 Å². The second-order valence-electron chi connectivity index (χ2n) is 4.53. The lowest BCUT2D eigenvalue weighted by Gasteiger charge is -2.22. The largest absolute Gasteiger partial charge is 0.493 e. The maximum Gasteiger partial charge on any atom is 0.178 e. The number of hydrogen-bond acceptors (Lipinski definition) is 4. The molecule has 4 nitrogen and oxygen atoms in total. The van der Waals surface area contributed by atoms with Crippen LogP contribution in [0.5, 0.6) is 17.2 Å². The molecule has 1 rings (SSSR count). The van der Waals surface area contributed by atoms with E-state index in [0.29, 0.717) is 22.8 Å². The summed E-state index contributed by atoms with van der Waals surface area (Å²) >= 11 is 0. The van der Waals surface area contributed by atoms with Gasteiger partial charge in [-0.25, -0.2) is 0 Å². The maximum absolute atomic E-state index is 9.05. The Labute approximate surface area is 102 Å². The monoisotopic (exact) mass is 235 g/mol. The SMILES string of the molecule is COc1cc(OC(C)(C)C)cc(C#N)c1OC. The topological polar surface area (TPSA) is 51.5 Å². The molecule has 1 aromatic rings. The standard InChI is InChI=1S/C13H17NO3/c1-13(2,3)17-10-6-9(8-14)12(16-5)11(7-10)15-4/h6-7H,1-5H3. The van der Waals surface area contributed by atoms with E-state index in [0.717, 1.165) is 0 Å². The van der Waals surface area contributed by atoms with Gasteiger partial charge in [-0.15, -0.1) is 0 Å². The van der Waals surface area contributed by atoms with Crippen LogP contribution in [0.2, 0.25) is 0 Å². The highest BCUT2D eigenvalue weighted by Crippen LogP contribution is 2.36. The second-order valence-corrected chi connectivity index (χ2v) is 4.53. The van der Waals surface area contributed by atoms with Gasteiger partial charge in [-0.2, -0.15) is 5.26 Å². The Morgan fingerprint density at radius 3 is 2.18 bits per heavy atom. The average molecular weight is 235 g/mol. The number of nitrogens with zero attached hydrogens (tertiary/aromatic N) is 1. The summed E-state index contributed by atoms with van der Waals surface area (Å²) in [6, 6.07) is 5.42. The molecule has 0 fully saturated rings. The number of methoxy groups -OCH3 is 2. The smallest absolute Gasteiger partial charge is 0.178 e. The zero-order valence-electron chi connectivity index (χ0n) is 10.8. The molecule has 0 aromatic heterocycles. The Morgan fingerprint density at radius 1 is 1.12 bits per heavy atom. The van der Waals surface area contributed by atoms with Crippen LogP contribution >= 0.6 is 0 Å². The first kappa shape index (κ1) is 13.2. The highest BCUT2D eigenvalue weighted by atomic mass is 16.5. The van der Waals surface area contributed by atoms with E-state index in [1.165, 1.54) is 14.2 Å². The molecule has 1 aromatic carbocycles. The van der Waals surface area contributed by atoms with Crippen molar-refractivity contribution in [2.24, 2.45) is 0 Å². The zero-order valence-corrected chi connectivity index (χ0v) is 10.8. The summed E-state index contributed by atoms with van der Waals surface area (Å²) in [4.78, 5) is 0. The van der Waals surface area contributed by atoms with E-state index in [1.807, 2.05) is 20.8 Å². The van der Waals surface area contributed by atoms with Crippen LogP contribution in [0.4, 0.5) is 0 Å². The Balaban J connectivity index is 3.24. The van der Waals surface area contributed by atoms with E-state index in [4.69, 9.17) is 19.5 Å². The van der Waals surface area contributed by atoms with Crippen molar-refractivity contribution in [3.05, 3.63) is 17.7 Å². The summed E-state index contributed by atoms with van der Waals surface area (Å²) in [5, 5.41) is 9.05. The lowest BCUT2D eigenvalue weighted by Crippen LogP contribution is -2.23. The molecule has 0 aliphatic carbocycles. The molecule has 0 heterocycles. The molecule has 4 heteroatoms. The van der Waals surface area contributed by atoms with Crippen molar-refractivity contribution >= 4 is 0 Å². The van der Waals surface area contributed by atoms with E-state index in [1.54, 1.807) is 12.1 Å². The number of hydrogen-bond donors (Lipinski definition) is 0.